The topological polar surface area (TPSA) is 35.8 Å². The van der Waals surface area contributed by atoms with E-state index >= 15 is 0 Å². The van der Waals surface area contributed by atoms with Crippen LogP contribution in [0, 0.1) is 17.1 Å². The summed E-state index contributed by atoms with van der Waals surface area (Å²) in [4.78, 5) is 1.87. The van der Waals surface area contributed by atoms with Crippen LogP contribution in [0.5, 0.6) is 0 Å². The number of benzene rings is 2. The Labute approximate surface area is 102 Å². The van der Waals surface area contributed by atoms with Crippen molar-refractivity contribution < 1.29 is 4.39 Å². The van der Waals surface area contributed by atoms with E-state index in [-0.39, 0.29) is 5.82 Å². The van der Waals surface area contributed by atoms with Crippen LogP contribution in [0.4, 0.5) is 15.8 Å². The van der Waals surface area contributed by atoms with Gasteiger partial charge in [-0.3, -0.25) is 0 Å². The quantitative estimate of drug-likeness (QED) is 0.649. The van der Waals surface area contributed by atoms with Gasteiger partial charge in [0.15, 0.2) is 0 Å². The first-order chi connectivity index (χ1) is 8.26. The van der Waals surface area contributed by atoms with Gasteiger partial charge in [0.1, 0.15) is 5.82 Å². The highest BCUT2D eigenvalue weighted by Crippen LogP contribution is 2.44. The standard InChI is InChI=1S/C13H7FN2S/c14-9-2-3-10-13(6-9)17-12-4-1-8(7-15)5-11(12)16-10/h1-6,16H. The summed E-state index contributed by atoms with van der Waals surface area (Å²) in [6, 6.07) is 12.2. The summed E-state index contributed by atoms with van der Waals surface area (Å²) in [6.07, 6.45) is 0. The highest BCUT2D eigenvalue weighted by Gasteiger charge is 2.16. The fourth-order valence-corrected chi connectivity index (χ4v) is 2.73. The van der Waals surface area contributed by atoms with Crippen molar-refractivity contribution in [2.45, 2.75) is 9.79 Å². The van der Waals surface area contributed by atoms with Crippen LogP contribution in [-0.4, -0.2) is 0 Å². The van der Waals surface area contributed by atoms with Crippen molar-refractivity contribution in [2.24, 2.45) is 0 Å². The van der Waals surface area contributed by atoms with E-state index in [0.29, 0.717) is 5.56 Å². The molecule has 2 aromatic carbocycles. The minimum atomic E-state index is -0.241. The highest BCUT2D eigenvalue weighted by molar-refractivity contribution is 7.99. The van der Waals surface area contributed by atoms with Crippen molar-refractivity contribution >= 4 is 23.1 Å². The van der Waals surface area contributed by atoms with E-state index in [1.54, 1.807) is 18.2 Å². The number of halogens is 1. The average Bonchev–Trinajstić information content (AvgIpc) is 2.35. The monoisotopic (exact) mass is 242 g/mol. The average molecular weight is 242 g/mol. The molecule has 1 aliphatic heterocycles. The molecule has 1 N–H and O–H groups in total. The summed E-state index contributed by atoms with van der Waals surface area (Å²) in [7, 11) is 0. The molecule has 0 amide bonds. The van der Waals surface area contributed by atoms with Crippen LogP contribution in [0.2, 0.25) is 0 Å². The first-order valence-electron chi connectivity index (χ1n) is 5.05. The smallest absolute Gasteiger partial charge is 0.124 e. The molecule has 17 heavy (non-hydrogen) atoms. The number of rotatable bonds is 0. The molecule has 1 aliphatic rings. The van der Waals surface area contributed by atoms with E-state index < -0.39 is 0 Å². The van der Waals surface area contributed by atoms with Crippen molar-refractivity contribution in [1.29, 1.82) is 5.26 Å². The molecule has 0 atom stereocenters. The molecule has 0 spiro atoms. The van der Waals surface area contributed by atoms with Gasteiger partial charge in [0.05, 0.1) is 23.0 Å². The summed E-state index contributed by atoms with van der Waals surface area (Å²) in [5, 5.41) is 12.0. The van der Waals surface area contributed by atoms with Gasteiger partial charge in [0.2, 0.25) is 0 Å². The van der Waals surface area contributed by atoms with E-state index in [0.717, 1.165) is 21.2 Å². The molecular weight excluding hydrogens is 235 g/mol. The Morgan fingerprint density at radius 2 is 1.94 bits per heavy atom. The molecule has 0 saturated heterocycles. The van der Waals surface area contributed by atoms with Gasteiger partial charge >= 0.3 is 0 Å². The lowest BCUT2D eigenvalue weighted by Crippen LogP contribution is -2.00. The zero-order chi connectivity index (χ0) is 11.8. The third kappa shape index (κ3) is 1.75. The van der Waals surface area contributed by atoms with Crippen molar-refractivity contribution in [1.82, 2.24) is 0 Å². The molecule has 0 unspecified atom stereocenters. The Morgan fingerprint density at radius 3 is 2.76 bits per heavy atom. The number of nitrogens with zero attached hydrogens (tertiary/aromatic N) is 1. The van der Waals surface area contributed by atoms with Crippen LogP contribution in [0.3, 0.4) is 0 Å². The summed E-state index contributed by atoms with van der Waals surface area (Å²) in [5.41, 5.74) is 2.38. The number of anilines is 2. The van der Waals surface area contributed by atoms with Crippen molar-refractivity contribution in [3.8, 4) is 6.07 Å². The lowest BCUT2D eigenvalue weighted by molar-refractivity contribution is 0.624. The molecule has 1 heterocycles. The minimum Gasteiger partial charge on any atom is -0.354 e. The molecule has 82 valence electrons. The predicted molar refractivity (Wildman–Crippen MR) is 65.0 cm³/mol. The van der Waals surface area contributed by atoms with Gasteiger partial charge in [-0.2, -0.15) is 5.26 Å². The number of hydrogen-bond donors (Lipinski definition) is 1. The third-order valence-electron chi connectivity index (χ3n) is 2.54. The Hall–Kier alpha value is -1.99. The fraction of sp³-hybridized carbons (Fsp3) is 0. The maximum absolute atomic E-state index is 13.1. The SMILES string of the molecule is N#Cc1ccc2c(c1)Nc1ccc(F)cc1S2. The summed E-state index contributed by atoms with van der Waals surface area (Å²) in [6.45, 7) is 0. The van der Waals surface area contributed by atoms with Crippen molar-refractivity contribution in [2.75, 3.05) is 5.32 Å². The van der Waals surface area contributed by atoms with Crippen molar-refractivity contribution in [3.05, 3.63) is 47.8 Å². The predicted octanol–water partition coefficient (Wildman–Crippen LogP) is 3.91. The molecule has 0 saturated carbocycles. The van der Waals surface area contributed by atoms with Crippen LogP contribution >= 0.6 is 11.8 Å². The van der Waals surface area contributed by atoms with Gasteiger partial charge in [0.25, 0.3) is 0 Å². The third-order valence-corrected chi connectivity index (χ3v) is 3.68. The second-order valence-electron chi connectivity index (χ2n) is 3.69. The van der Waals surface area contributed by atoms with E-state index in [1.807, 2.05) is 6.07 Å². The molecule has 0 fully saturated rings. The second-order valence-corrected chi connectivity index (χ2v) is 4.77. The van der Waals surface area contributed by atoms with E-state index in [2.05, 4.69) is 11.4 Å². The van der Waals surface area contributed by atoms with E-state index in [4.69, 9.17) is 5.26 Å². The fourth-order valence-electron chi connectivity index (χ4n) is 1.73. The summed E-state index contributed by atoms with van der Waals surface area (Å²) < 4.78 is 13.1. The van der Waals surface area contributed by atoms with Crippen LogP contribution < -0.4 is 5.32 Å². The van der Waals surface area contributed by atoms with Gasteiger partial charge in [-0.1, -0.05) is 11.8 Å². The first kappa shape index (κ1) is 10.2. The number of nitriles is 1. The van der Waals surface area contributed by atoms with Gasteiger partial charge in [-0.25, -0.2) is 4.39 Å². The highest BCUT2D eigenvalue weighted by atomic mass is 32.2. The maximum Gasteiger partial charge on any atom is 0.124 e. The molecule has 2 aromatic rings. The maximum atomic E-state index is 13.1. The van der Waals surface area contributed by atoms with Crippen LogP contribution in [-0.2, 0) is 0 Å². The zero-order valence-corrected chi connectivity index (χ0v) is 9.51. The molecule has 0 aliphatic carbocycles. The molecule has 2 nitrogen and oxygen atoms in total. The van der Waals surface area contributed by atoms with Crippen LogP contribution in [0.25, 0.3) is 0 Å². The van der Waals surface area contributed by atoms with E-state index in [9.17, 15) is 4.39 Å². The van der Waals surface area contributed by atoms with E-state index in [1.165, 1.54) is 23.9 Å². The lowest BCUT2D eigenvalue weighted by Gasteiger charge is -2.20. The number of nitrogens with one attached hydrogen (secondary N) is 1. The van der Waals surface area contributed by atoms with Gasteiger partial charge in [-0.15, -0.1) is 0 Å². The Bertz CT molecular complexity index is 646. The van der Waals surface area contributed by atoms with Gasteiger partial charge < -0.3 is 5.32 Å². The lowest BCUT2D eigenvalue weighted by atomic mass is 10.2. The van der Waals surface area contributed by atoms with Gasteiger partial charge in [-0.05, 0) is 36.4 Å². The molecular formula is C13H7FN2S. The van der Waals surface area contributed by atoms with Crippen LogP contribution in [0.15, 0.2) is 46.2 Å². The Kier molecular flexibility index (Phi) is 2.27. The Morgan fingerprint density at radius 1 is 1.06 bits per heavy atom. The summed E-state index contributed by atoms with van der Waals surface area (Å²) in [5.74, 6) is -0.241. The first-order valence-corrected chi connectivity index (χ1v) is 5.86. The minimum absolute atomic E-state index is 0.241. The summed E-state index contributed by atoms with van der Waals surface area (Å²) >= 11 is 1.50. The number of hydrogen-bond acceptors (Lipinski definition) is 3. The molecule has 0 bridgehead atoms. The van der Waals surface area contributed by atoms with Crippen molar-refractivity contribution in [3.63, 3.8) is 0 Å². The molecule has 4 heteroatoms. The zero-order valence-electron chi connectivity index (χ0n) is 8.70. The molecule has 3 rings (SSSR count). The molecule has 0 radical (unpaired) electrons. The van der Waals surface area contributed by atoms with Crippen LogP contribution in [0.1, 0.15) is 5.56 Å². The van der Waals surface area contributed by atoms with Gasteiger partial charge in [0, 0.05) is 9.79 Å². The Balaban J connectivity index is 2.08. The largest absolute Gasteiger partial charge is 0.354 e. The normalized spacial score (nSPS) is 12.0. The number of fused-ring (bicyclic) bond motifs is 2. The second kappa shape index (κ2) is 3.79. The molecule has 0 aromatic heterocycles.